The number of rotatable bonds is 6. The maximum atomic E-state index is 12.9. The molecular formula is C19H23ClN2O3S. The lowest BCUT2D eigenvalue weighted by Gasteiger charge is -2.31. The number of amides is 1. The van der Waals surface area contributed by atoms with Gasteiger partial charge in [-0.25, -0.2) is 8.42 Å². The number of hydrogen-bond acceptors (Lipinski definition) is 3. The molecule has 0 saturated heterocycles. The Morgan fingerprint density at radius 3 is 2.46 bits per heavy atom. The van der Waals surface area contributed by atoms with Crippen molar-refractivity contribution in [2.75, 3.05) is 15.9 Å². The smallest absolute Gasteiger partial charge is 0.248 e. The summed E-state index contributed by atoms with van der Waals surface area (Å²) in [5.41, 5.74) is 2.75. The van der Waals surface area contributed by atoms with E-state index in [0.717, 1.165) is 17.4 Å². The van der Waals surface area contributed by atoms with E-state index in [1.165, 1.54) is 4.31 Å². The van der Waals surface area contributed by atoms with Crippen molar-refractivity contribution in [1.82, 2.24) is 0 Å². The second-order valence-corrected chi connectivity index (χ2v) is 8.57. The van der Waals surface area contributed by atoms with Gasteiger partial charge in [-0.3, -0.25) is 9.10 Å². The number of sulfonamides is 1. The molecule has 1 atom stereocenters. The van der Waals surface area contributed by atoms with Gasteiger partial charge in [0.1, 0.15) is 6.04 Å². The number of nitrogens with one attached hydrogen (secondary N) is 1. The molecule has 2 rings (SSSR count). The van der Waals surface area contributed by atoms with E-state index in [1.807, 2.05) is 26.0 Å². The molecule has 2 aromatic rings. The summed E-state index contributed by atoms with van der Waals surface area (Å²) in [4.78, 5) is 12.9. The van der Waals surface area contributed by atoms with Crippen LogP contribution in [0.5, 0.6) is 0 Å². The first-order valence-corrected chi connectivity index (χ1v) is 10.5. The van der Waals surface area contributed by atoms with Crippen LogP contribution in [0.1, 0.15) is 24.5 Å². The van der Waals surface area contributed by atoms with Crippen LogP contribution >= 0.6 is 11.6 Å². The van der Waals surface area contributed by atoms with Gasteiger partial charge in [0, 0.05) is 10.7 Å². The van der Waals surface area contributed by atoms with Crippen LogP contribution in [0.15, 0.2) is 42.5 Å². The highest BCUT2D eigenvalue weighted by Gasteiger charge is 2.32. The Kier molecular flexibility index (Phi) is 6.31. The van der Waals surface area contributed by atoms with Gasteiger partial charge in [-0.05, 0) is 55.7 Å². The first kappa shape index (κ1) is 20.3. The Bertz CT molecular complexity index is 913. The molecule has 1 N–H and O–H groups in total. The molecule has 0 aliphatic heterocycles. The summed E-state index contributed by atoms with van der Waals surface area (Å²) >= 11 is 5.95. The quantitative estimate of drug-likeness (QED) is 0.800. The van der Waals surface area contributed by atoms with Gasteiger partial charge in [-0.2, -0.15) is 0 Å². The van der Waals surface area contributed by atoms with Gasteiger partial charge in [0.05, 0.1) is 11.9 Å². The zero-order valence-electron chi connectivity index (χ0n) is 15.3. The summed E-state index contributed by atoms with van der Waals surface area (Å²) in [6, 6.07) is 11.4. The molecule has 0 bridgehead atoms. The Hall–Kier alpha value is -2.05. The number of aryl methyl sites for hydroxylation is 2. The molecule has 0 radical (unpaired) electrons. The van der Waals surface area contributed by atoms with Crippen molar-refractivity contribution in [3.05, 3.63) is 58.6 Å². The molecule has 26 heavy (non-hydrogen) atoms. The van der Waals surface area contributed by atoms with E-state index in [0.29, 0.717) is 22.8 Å². The molecule has 0 unspecified atom stereocenters. The highest BCUT2D eigenvalue weighted by atomic mass is 35.5. The monoisotopic (exact) mass is 394 g/mol. The second kappa shape index (κ2) is 8.10. The van der Waals surface area contributed by atoms with E-state index >= 15 is 0 Å². The van der Waals surface area contributed by atoms with Gasteiger partial charge in [-0.1, -0.05) is 36.7 Å². The molecule has 5 nitrogen and oxygen atoms in total. The lowest BCUT2D eigenvalue weighted by atomic mass is 10.1. The van der Waals surface area contributed by atoms with Crippen molar-refractivity contribution >= 4 is 38.9 Å². The minimum absolute atomic E-state index is 0.326. The van der Waals surface area contributed by atoms with Crippen LogP contribution in [0.4, 0.5) is 11.4 Å². The van der Waals surface area contributed by atoms with Crippen molar-refractivity contribution in [3.8, 4) is 0 Å². The third-order valence-electron chi connectivity index (χ3n) is 4.02. The molecule has 1 amide bonds. The largest absolute Gasteiger partial charge is 0.324 e. The Balaban J connectivity index is 2.44. The molecule has 140 valence electrons. The molecule has 0 aliphatic carbocycles. The van der Waals surface area contributed by atoms with E-state index in [-0.39, 0.29) is 0 Å². The molecule has 0 fully saturated rings. The number of halogens is 1. The fraction of sp³-hybridized carbons (Fsp3) is 0.316. The first-order valence-electron chi connectivity index (χ1n) is 8.26. The van der Waals surface area contributed by atoms with Crippen molar-refractivity contribution in [2.45, 2.75) is 33.2 Å². The van der Waals surface area contributed by atoms with Crippen molar-refractivity contribution in [3.63, 3.8) is 0 Å². The molecule has 0 aliphatic rings. The minimum atomic E-state index is -3.67. The second-order valence-electron chi connectivity index (χ2n) is 6.27. The number of benzene rings is 2. The van der Waals surface area contributed by atoms with E-state index in [1.54, 1.807) is 37.3 Å². The van der Waals surface area contributed by atoms with Gasteiger partial charge in [0.15, 0.2) is 0 Å². The minimum Gasteiger partial charge on any atom is -0.324 e. The Morgan fingerprint density at radius 1 is 1.19 bits per heavy atom. The van der Waals surface area contributed by atoms with E-state index in [4.69, 9.17) is 11.6 Å². The van der Waals surface area contributed by atoms with Gasteiger partial charge in [-0.15, -0.1) is 0 Å². The van der Waals surface area contributed by atoms with E-state index in [2.05, 4.69) is 5.32 Å². The van der Waals surface area contributed by atoms with Gasteiger partial charge < -0.3 is 5.32 Å². The third-order valence-corrected chi connectivity index (χ3v) is 5.42. The van der Waals surface area contributed by atoms with Crippen molar-refractivity contribution in [1.29, 1.82) is 0 Å². The molecular weight excluding hydrogens is 372 g/mol. The normalized spacial score (nSPS) is 12.5. The number of anilines is 2. The molecule has 7 heteroatoms. The van der Waals surface area contributed by atoms with Crippen LogP contribution in [0, 0.1) is 13.8 Å². The maximum Gasteiger partial charge on any atom is 0.248 e. The summed E-state index contributed by atoms with van der Waals surface area (Å²) in [5.74, 6) is -0.402. The predicted octanol–water partition coefficient (Wildman–Crippen LogP) is 4.14. The molecule has 0 aromatic heterocycles. The highest BCUT2D eigenvalue weighted by Crippen LogP contribution is 2.28. The lowest BCUT2D eigenvalue weighted by Crippen LogP contribution is -2.47. The lowest BCUT2D eigenvalue weighted by molar-refractivity contribution is -0.117. The molecule has 0 saturated carbocycles. The zero-order valence-corrected chi connectivity index (χ0v) is 16.9. The fourth-order valence-electron chi connectivity index (χ4n) is 2.78. The van der Waals surface area contributed by atoms with Gasteiger partial charge in [0.25, 0.3) is 0 Å². The molecule has 0 spiro atoms. The van der Waals surface area contributed by atoms with Crippen molar-refractivity contribution < 1.29 is 13.2 Å². The number of carbonyl (C=O) groups is 1. The number of hydrogen-bond donors (Lipinski definition) is 1. The predicted molar refractivity (Wildman–Crippen MR) is 107 cm³/mol. The fourth-order valence-corrected chi connectivity index (χ4v) is 4.24. The van der Waals surface area contributed by atoms with Crippen LogP contribution in [-0.4, -0.2) is 26.6 Å². The van der Waals surface area contributed by atoms with Crippen LogP contribution in [0.25, 0.3) is 0 Å². The van der Waals surface area contributed by atoms with Crippen LogP contribution in [0.2, 0.25) is 5.02 Å². The SMILES string of the molecule is CC[C@@H](C(=O)Nc1cccc(Cl)c1)N(c1cc(C)ccc1C)S(C)(=O)=O. The topological polar surface area (TPSA) is 66.5 Å². The summed E-state index contributed by atoms with van der Waals surface area (Å²) in [6.07, 6.45) is 1.44. The number of nitrogens with zero attached hydrogens (tertiary/aromatic N) is 1. The zero-order chi connectivity index (χ0) is 19.5. The number of carbonyl (C=O) groups excluding carboxylic acids is 1. The Labute approximate surface area is 160 Å². The summed E-state index contributed by atoms with van der Waals surface area (Å²) in [7, 11) is -3.67. The van der Waals surface area contributed by atoms with E-state index < -0.39 is 22.0 Å². The summed E-state index contributed by atoms with van der Waals surface area (Å²) < 4.78 is 26.3. The van der Waals surface area contributed by atoms with Gasteiger partial charge in [0.2, 0.25) is 15.9 Å². The Morgan fingerprint density at radius 2 is 1.88 bits per heavy atom. The van der Waals surface area contributed by atoms with Crippen LogP contribution in [0.3, 0.4) is 0 Å². The van der Waals surface area contributed by atoms with E-state index in [9.17, 15) is 13.2 Å². The first-order chi connectivity index (χ1) is 12.1. The molecule has 0 heterocycles. The van der Waals surface area contributed by atoms with Crippen LogP contribution < -0.4 is 9.62 Å². The highest BCUT2D eigenvalue weighted by molar-refractivity contribution is 7.92. The average Bonchev–Trinajstić information content (AvgIpc) is 2.53. The van der Waals surface area contributed by atoms with Crippen molar-refractivity contribution in [2.24, 2.45) is 0 Å². The van der Waals surface area contributed by atoms with Gasteiger partial charge >= 0.3 is 0 Å². The standard InChI is InChI=1S/C19H23ClN2O3S/c1-5-17(19(23)21-16-8-6-7-15(20)12-16)22(26(4,24)25)18-11-13(2)9-10-14(18)3/h6-12,17H,5H2,1-4H3,(H,21,23)/t17-/m0/s1. The summed E-state index contributed by atoms with van der Waals surface area (Å²) in [5, 5.41) is 3.25. The average molecular weight is 395 g/mol. The maximum absolute atomic E-state index is 12.9. The summed E-state index contributed by atoms with van der Waals surface area (Å²) in [6.45, 7) is 5.50. The third kappa shape index (κ3) is 4.77. The van der Waals surface area contributed by atoms with Crippen LogP contribution in [-0.2, 0) is 14.8 Å². The molecule has 2 aromatic carbocycles.